The van der Waals surface area contributed by atoms with Gasteiger partial charge >= 0.3 is 6.18 Å². The summed E-state index contributed by atoms with van der Waals surface area (Å²) in [6.45, 7) is 2.21. The Kier molecular flexibility index (Phi) is 5.61. The van der Waals surface area contributed by atoms with Gasteiger partial charge in [-0.1, -0.05) is 19.1 Å². The smallest absolute Gasteiger partial charge is 0.422 e. The molecule has 0 aliphatic carbocycles. The number of carbonyl (C=O) groups excluding carboxylic acids is 1. The third-order valence-corrected chi connectivity index (χ3v) is 2.36. The van der Waals surface area contributed by atoms with E-state index in [0.717, 1.165) is 6.42 Å². The monoisotopic (exact) mass is 287 g/mol. The van der Waals surface area contributed by atoms with Gasteiger partial charge in [0, 0.05) is 17.3 Å². The maximum atomic E-state index is 12.0. The first-order valence-electron chi connectivity index (χ1n) is 6.09. The van der Waals surface area contributed by atoms with E-state index in [2.05, 4.69) is 10.1 Å². The summed E-state index contributed by atoms with van der Waals surface area (Å²) in [4.78, 5) is 11.7. The number of amides is 1. The van der Waals surface area contributed by atoms with Crippen LogP contribution in [-0.4, -0.2) is 18.7 Å². The lowest BCUT2D eigenvalue weighted by atomic mass is 10.2. The molecule has 0 saturated carbocycles. The van der Waals surface area contributed by atoms with Crippen molar-refractivity contribution in [3.63, 3.8) is 0 Å². The number of anilines is 1. The molecule has 0 spiro atoms. The lowest BCUT2D eigenvalue weighted by molar-refractivity contribution is -0.153. The zero-order chi connectivity index (χ0) is 15.2. The van der Waals surface area contributed by atoms with Crippen molar-refractivity contribution in [3.05, 3.63) is 35.9 Å². The summed E-state index contributed by atoms with van der Waals surface area (Å²) >= 11 is 0. The molecule has 1 rings (SSSR count). The number of allylic oxidation sites excluding steroid dienone is 1. The molecule has 110 valence electrons. The molecule has 0 atom stereocenters. The zero-order valence-corrected chi connectivity index (χ0v) is 11.3. The van der Waals surface area contributed by atoms with Crippen LogP contribution in [0.25, 0.3) is 0 Å². The lowest BCUT2D eigenvalue weighted by Gasteiger charge is -2.11. The molecule has 1 amide bonds. The van der Waals surface area contributed by atoms with Gasteiger partial charge in [0.15, 0.2) is 6.61 Å². The van der Waals surface area contributed by atoms with Gasteiger partial charge in [-0.2, -0.15) is 13.2 Å². The van der Waals surface area contributed by atoms with Crippen LogP contribution in [0.3, 0.4) is 0 Å². The molecule has 0 unspecified atom stereocenters. The molecule has 0 saturated heterocycles. The first-order chi connectivity index (χ1) is 9.31. The first-order valence-corrected chi connectivity index (χ1v) is 6.09. The molecule has 0 aliphatic rings. The molecular weight excluding hydrogens is 271 g/mol. The van der Waals surface area contributed by atoms with E-state index in [1.165, 1.54) is 18.2 Å². The average molecular weight is 287 g/mol. The van der Waals surface area contributed by atoms with Crippen molar-refractivity contribution in [1.29, 1.82) is 0 Å². The van der Waals surface area contributed by atoms with Crippen molar-refractivity contribution in [3.8, 4) is 5.75 Å². The summed E-state index contributed by atoms with van der Waals surface area (Å²) in [5.41, 5.74) is 0.938. The van der Waals surface area contributed by atoms with E-state index in [0.29, 0.717) is 11.3 Å². The molecule has 6 heteroatoms. The Morgan fingerprint density at radius 2 is 2.10 bits per heavy atom. The van der Waals surface area contributed by atoms with Crippen molar-refractivity contribution in [2.24, 2.45) is 0 Å². The molecule has 0 aromatic heterocycles. The Morgan fingerprint density at radius 1 is 1.40 bits per heavy atom. The van der Waals surface area contributed by atoms with E-state index >= 15 is 0 Å². The summed E-state index contributed by atoms with van der Waals surface area (Å²) in [5, 5.41) is 2.60. The van der Waals surface area contributed by atoms with Crippen molar-refractivity contribution >= 4 is 11.6 Å². The number of rotatable bonds is 5. The number of halogens is 3. The second kappa shape index (κ2) is 6.98. The molecule has 0 fully saturated rings. The second-order valence-corrected chi connectivity index (χ2v) is 4.18. The fraction of sp³-hybridized carbons (Fsp3) is 0.357. The van der Waals surface area contributed by atoms with E-state index in [4.69, 9.17) is 0 Å². The normalized spacial score (nSPS) is 12.2. The van der Waals surface area contributed by atoms with Gasteiger partial charge in [0.2, 0.25) is 0 Å². The minimum Gasteiger partial charge on any atom is -0.484 e. The van der Waals surface area contributed by atoms with Crippen LogP contribution in [0.5, 0.6) is 5.75 Å². The van der Waals surface area contributed by atoms with Crippen LogP contribution >= 0.6 is 0 Å². The molecule has 3 nitrogen and oxygen atoms in total. The van der Waals surface area contributed by atoms with E-state index in [9.17, 15) is 18.0 Å². The molecule has 1 aromatic rings. The Balaban J connectivity index is 2.69. The fourth-order valence-corrected chi connectivity index (χ4v) is 1.46. The van der Waals surface area contributed by atoms with E-state index < -0.39 is 12.8 Å². The SMILES string of the molecule is CCC=C(C)C(=O)Nc1cccc(OCC(F)(F)F)c1. The van der Waals surface area contributed by atoms with Crippen LogP contribution in [0.1, 0.15) is 20.3 Å². The summed E-state index contributed by atoms with van der Waals surface area (Å²) in [7, 11) is 0. The lowest BCUT2D eigenvalue weighted by Crippen LogP contribution is -2.19. The van der Waals surface area contributed by atoms with Crippen LogP contribution < -0.4 is 10.1 Å². The number of alkyl halides is 3. The van der Waals surface area contributed by atoms with Crippen molar-refractivity contribution < 1.29 is 22.7 Å². The standard InChI is InChI=1S/C14H16F3NO2/c1-3-5-10(2)13(19)18-11-6-4-7-12(8-11)20-9-14(15,16)17/h4-8H,3,9H2,1-2H3,(H,18,19). The van der Waals surface area contributed by atoms with Crippen LogP contribution in [0, 0.1) is 0 Å². The molecule has 0 heterocycles. The number of benzene rings is 1. The summed E-state index contributed by atoms with van der Waals surface area (Å²) in [6, 6.07) is 5.84. The Hall–Kier alpha value is -1.98. The third-order valence-electron chi connectivity index (χ3n) is 2.36. The predicted molar refractivity (Wildman–Crippen MR) is 70.7 cm³/mol. The van der Waals surface area contributed by atoms with E-state index in [1.807, 2.05) is 6.92 Å². The second-order valence-electron chi connectivity index (χ2n) is 4.18. The number of hydrogen-bond donors (Lipinski definition) is 1. The Morgan fingerprint density at radius 3 is 2.70 bits per heavy atom. The molecule has 20 heavy (non-hydrogen) atoms. The van der Waals surface area contributed by atoms with Gasteiger partial charge < -0.3 is 10.1 Å². The number of ether oxygens (including phenoxy) is 1. The van der Waals surface area contributed by atoms with Crippen LogP contribution in [-0.2, 0) is 4.79 Å². The van der Waals surface area contributed by atoms with Crippen LogP contribution in [0.4, 0.5) is 18.9 Å². The number of hydrogen-bond acceptors (Lipinski definition) is 2. The van der Waals surface area contributed by atoms with Gasteiger partial charge in [-0.15, -0.1) is 0 Å². The number of carbonyl (C=O) groups is 1. The van der Waals surface area contributed by atoms with Crippen LogP contribution in [0.2, 0.25) is 0 Å². The molecular formula is C14H16F3NO2. The van der Waals surface area contributed by atoms with Gasteiger partial charge in [-0.05, 0) is 25.5 Å². The van der Waals surface area contributed by atoms with Crippen molar-refractivity contribution in [2.45, 2.75) is 26.4 Å². The van der Waals surface area contributed by atoms with Crippen molar-refractivity contribution in [2.75, 3.05) is 11.9 Å². The average Bonchev–Trinajstić information content (AvgIpc) is 2.36. The van der Waals surface area contributed by atoms with Gasteiger partial charge in [0.05, 0.1) is 0 Å². The minimum atomic E-state index is -4.39. The summed E-state index contributed by atoms with van der Waals surface area (Å²) in [5.74, 6) is -0.239. The third kappa shape index (κ3) is 5.77. The predicted octanol–water partition coefficient (Wildman–Crippen LogP) is 3.92. The molecule has 0 radical (unpaired) electrons. The highest BCUT2D eigenvalue weighted by Gasteiger charge is 2.28. The Labute approximate surface area is 115 Å². The summed E-state index contributed by atoms with van der Waals surface area (Å²) < 4.78 is 40.7. The highest BCUT2D eigenvalue weighted by atomic mass is 19.4. The molecule has 1 N–H and O–H groups in total. The zero-order valence-electron chi connectivity index (χ0n) is 11.3. The van der Waals surface area contributed by atoms with Gasteiger partial charge in [0.25, 0.3) is 5.91 Å². The van der Waals surface area contributed by atoms with Gasteiger partial charge in [0.1, 0.15) is 5.75 Å². The summed E-state index contributed by atoms with van der Waals surface area (Å²) in [6.07, 6.45) is -1.90. The van der Waals surface area contributed by atoms with Crippen molar-refractivity contribution in [1.82, 2.24) is 0 Å². The quantitative estimate of drug-likeness (QED) is 0.833. The van der Waals surface area contributed by atoms with E-state index in [1.54, 1.807) is 19.1 Å². The Bertz CT molecular complexity index is 495. The van der Waals surface area contributed by atoms with Gasteiger partial charge in [-0.25, -0.2) is 0 Å². The van der Waals surface area contributed by atoms with Gasteiger partial charge in [-0.3, -0.25) is 4.79 Å². The first kappa shape index (κ1) is 16.1. The molecule has 0 bridgehead atoms. The highest BCUT2D eigenvalue weighted by molar-refractivity contribution is 6.03. The maximum absolute atomic E-state index is 12.0. The van der Waals surface area contributed by atoms with Crippen LogP contribution in [0.15, 0.2) is 35.9 Å². The topological polar surface area (TPSA) is 38.3 Å². The van der Waals surface area contributed by atoms with E-state index in [-0.39, 0.29) is 11.7 Å². The maximum Gasteiger partial charge on any atom is 0.422 e. The molecule has 0 aliphatic heterocycles. The minimum absolute atomic E-state index is 0.0530. The fourth-order valence-electron chi connectivity index (χ4n) is 1.46. The largest absolute Gasteiger partial charge is 0.484 e. The highest BCUT2D eigenvalue weighted by Crippen LogP contribution is 2.21. The molecule has 1 aromatic carbocycles. The number of nitrogens with one attached hydrogen (secondary N) is 1.